The molecular weight excluding hydrogens is 471 g/mol. The van der Waals surface area contributed by atoms with Crippen molar-refractivity contribution >= 4 is 17.7 Å². The predicted molar refractivity (Wildman–Crippen MR) is 127 cm³/mol. The molecule has 0 aromatic carbocycles. The molecule has 2 aromatic rings. The molecule has 2 aliphatic carbocycles. The molecule has 3 aliphatic rings. The molecule has 3 heterocycles. The van der Waals surface area contributed by atoms with Crippen molar-refractivity contribution < 1.29 is 18.0 Å². The predicted octanol–water partition coefficient (Wildman–Crippen LogP) is 3.73. The van der Waals surface area contributed by atoms with Crippen LogP contribution in [0.5, 0.6) is 0 Å². The lowest BCUT2D eigenvalue weighted by Gasteiger charge is -2.42. The van der Waals surface area contributed by atoms with Gasteiger partial charge in [-0.25, -0.2) is 15.0 Å². The van der Waals surface area contributed by atoms with Crippen molar-refractivity contribution in [2.24, 2.45) is 5.92 Å². The molecule has 1 atom stereocenters. The number of nitrogens with zero attached hydrogens (tertiary/aromatic N) is 7. The van der Waals surface area contributed by atoms with E-state index in [1.807, 2.05) is 36.0 Å². The van der Waals surface area contributed by atoms with Crippen LogP contribution >= 0.6 is 0 Å². The molecule has 11 heteroatoms. The van der Waals surface area contributed by atoms with Crippen molar-refractivity contribution in [1.29, 1.82) is 5.26 Å². The fraction of sp³-hybridized carbons (Fsp3) is 0.560. The minimum Gasteiger partial charge on any atom is -0.352 e. The number of amides is 1. The molecule has 5 rings (SSSR count). The first-order valence-electron chi connectivity index (χ1n) is 12.2. The molecular formula is C25H28F3N7O. The average molecular weight is 500 g/mol. The SMILES string of the molecule is CN(C)c1nccc(-c2cc(C#N)c(N3CCN(C(=O)CC(F)(F)F)[C@H](C4CC4)C3)nc2C2CC2)n1. The number of nitriles is 1. The fourth-order valence-corrected chi connectivity index (χ4v) is 4.90. The van der Waals surface area contributed by atoms with Crippen molar-refractivity contribution in [3.63, 3.8) is 0 Å². The van der Waals surface area contributed by atoms with Crippen molar-refractivity contribution in [3.8, 4) is 17.3 Å². The maximum Gasteiger partial charge on any atom is 0.397 e. The minimum atomic E-state index is -4.53. The normalized spacial score (nSPS) is 20.3. The number of rotatable bonds is 6. The third-order valence-corrected chi connectivity index (χ3v) is 6.99. The summed E-state index contributed by atoms with van der Waals surface area (Å²) in [5, 5.41) is 10.0. The first-order chi connectivity index (χ1) is 17.1. The quantitative estimate of drug-likeness (QED) is 0.598. The van der Waals surface area contributed by atoms with Gasteiger partial charge >= 0.3 is 6.18 Å². The molecule has 0 unspecified atom stereocenters. The number of anilines is 2. The lowest BCUT2D eigenvalue weighted by atomic mass is 10.0. The van der Waals surface area contributed by atoms with Gasteiger partial charge in [-0.15, -0.1) is 0 Å². The molecule has 1 amide bonds. The van der Waals surface area contributed by atoms with E-state index in [1.54, 1.807) is 6.20 Å². The average Bonchev–Trinajstić information content (AvgIpc) is 3.75. The van der Waals surface area contributed by atoms with E-state index in [9.17, 15) is 23.2 Å². The summed E-state index contributed by atoms with van der Waals surface area (Å²) in [5.74, 6) is 0.686. The summed E-state index contributed by atoms with van der Waals surface area (Å²) in [6.45, 7) is 0.884. The molecule has 0 spiro atoms. The molecule has 190 valence electrons. The summed E-state index contributed by atoms with van der Waals surface area (Å²) >= 11 is 0. The van der Waals surface area contributed by atoms with Crippen molar-refractivity contribution in [1.82, 2.24) is 19.9 Å². The zero-order valence-electron chi connectivity index (χ0n) is 20.3. The van der Waals surface area contributed by atoms with E-state index < -0.39 is 18.5 Å². The highest BCUT2D eigenvalue weighted by molar-refractivity contribution is 5.78. The van der Waals surface area contributed by atoms with Gasteiger partial charge in [-0.1, -0.05) is 0 Å². The van der Waals surface area contributed by atoms with Crippen molar-refractivity contribution in [2.45, 2.75) is 50.2 Å². The van der Waals surface area contributed by atoms with Crippen LogP contribution in [0.15, 0.2) is 18.3 Å². The summed E-state index contributed by atoms with van der Waals surface area (Å²) in [6, 6.07) is 5.59. The number of piperazine rings is 1. The topological polar surface area (TPSA) is 89.3 Å². The van der Waals surface area contributed by atoms with Gasteiger partial charge in [-0.2, -0.15) is 18.4 Å². The summed E-state index contributed by atoms with van der Waals surface area (Å²) in [5.41, 5.74) is 2.78. The van der Waals surface area contributed by atoms with Crippen LogP contribution in [0.2, 0.25) is 0 Å². The van der Waals surface area contributed by atoms with Gasteiger partial charge in [0.25, 0.3) is 0 Å². The Morgan fingerprint density at radius 2 is 1.94 bits per heavy atom. The van der Waals surface area contributed by atoms with Crippen LogP contribution in [0.25, 0.3) is 11.3 Å². The van der Waals surface area contributed by atoms with Crippen LogP contribution in [0.3, 0.4) is 0 Å². The highest BCUT2D eigenvalue weighted by Crippen LogP contribution is 2.45. The largest absolute Gasteiger partial charge is 0.397 e. The van der Waals surface area contributed by atoms with Crippen LogP contribution < -0.4 is 9.80 Å². The Morgan fingerprint density at radius 3 is 2.56 bits per heavy atom. The standard InChI is InChI=1S/C25H28F3N7O/c1-33(2)24-30-8-7-19(31-24)18-11-17(13-29)23(32-22(18)16-5-6-16)34-9-10-35(20(14-34)15-3-4-15)21(36)12-25(26,27)28/h7-8,11,15-16,20H,3-6,9-10,12,14H2,1-2H3/t20-/m0/s1. The van der Waals surface area contributed by atoms with Crippen LogP contribution in [-0.4, -0.2) is 71.7 Å². The molecule has 1 saturated heterocycles. The Bertz CT molecular complexity index is 1200. The van der Waals surface area contributed by atoms with E-state index in [1.165, 1.54) is 4.90 Å². The molecule has 36 heavy (non-hydrogen) atoms. The third-order valence-electron chi connectivity index (χ3n) is 6.99. The van der Waals surface area contributed by atoms with E-state index >= 15 is 0 Å². The smallest absolute Gasteiger partial charge is 0.352 e. The molecule has 0 radical (unpaired) electrons. The Hall–Kier alpha value is -3.42. The second-order valence-corrected chi connectivity index (χ2v) is 10.0. The number of hydrogen-bond acceptors (Lipinski definition) is 7. The summed E-state index contributed by atoms with van der Waals surface area (Å²) in [6.07, 6.45) is -0.497. The fourth-order valence-electron chi connectivity index (χ4n) is 4.90. The number of carbonyl (C=O) groups is 1. The van der Waals surface area contributed by atoms with Crippen molar-refractivity contribution in [3.05, 3.63) is 29.6 Å². The highest BCUT2D eigenvalue weighted by Gasteiger charge is 2.44. The zero-order chi connectivity index (χ0) is 25.6. The molecule has 1 aliphatic heterocycles. The molecule has 0 N–H and O–H groups in total. The van der Waals surface area contributed by atoms with Crippen LogP contribution in [0, 0.1) is 17.2 Å². The zero-order valence-corrected chi connectivity index (χ0v) is 20.3. The van der Waals surface area contributed by atoms with Crippen LogP contribution in [-0.2, 0) is 4.79 Å². The van der Waals surface area contributed by atoms with E-state index in [4.69, 9.17) is 4.98 Å². The van der Waals surface area contributed by atoms with E-state index in [0.717, 1.165) is 36.9 Å². The monoisotopic (exact) mass is 499 g/mol. The maximum atomic E-state index is 12.9. The second-order valence-electron chi connectivity index (χ2n) is 10.0. The maximum absolute atomic E-state index is 12.9. The number of aromatic nitrogens is 3. The molecule has 0 bridgehead atoms. The second kappa shape index (κ2) is 9.22. The van der Waals surface area contributed by atoms with E-state index in [0.29, 0.717) is 36.1 Å². The van der Waals surface area contributed by atoms with Gasteiger partial charge in [0, 0.05) is 51.4 Å². The third kappa shape index (κ3) is 5.08. The lowest BCUT2D eigenvalue weighted by molar-refractivity contribution is -0.163. The first kappa shape index (κ1) is 24.3. The van der Waals surface area contributed by atoms with Crippen LogP contribution in [0.4, 0.5) is 24.9 Å². The summed E-state index contributed by atoms with van der Waals surface area (Å²) in [4.78, 5) is 31.5. The minimum absolute atomic E-state index is 0.182. The van der Waals surface area contributed by atoms with Crippen LogP contribution in [0.1, 0.15) is 49.3 Å². The molecule has 2 saturated carbocycles. The molecule has 8 nitrogen and oxygen atoms in total. The van der Waals surface area contributed by atoms with Gasteiger partial charge in [-0.3, -0.25) is 4.79 Å². The summed E-state index contributed by atoms with van der Waals surface area (Å²) < 4.78 is 38.7. The molecule has 3 fully saturated rings. The lowest BCUT2D eigenvalue weighted by Crippen LogP contribution is -2.57. The van der Waals surface area contributed by atoms with Gasteiger partial charge < -0.3 is 14.7 Å². The van der Waals surface area contributed by atoms with E-state index in [-0.39, 0.29) is 24.4 Å². The van der Waals surface area contributed by atoms with E-state index in [2.05, 4.69) is 16.0 Å². The Labute approximate surface area is 207 Å². The number of halogens is 3. The number of pyridine rings is 1. The number of carbonyl (C=O) groups excluding carboxylic acids is 1. The van der Waals surface area contributed by atoms with Crippen molar-refractivity contribution in [2.75, 3.05) is 43.5 Å². The Balaban J connectivity index is 1.47. The summed E-state index contributed by atoms with van der Waals surface area (Å²) in [7, 11) is 3.72. The highest BCUT2D eigenvalue weighted by atomic mass is 19.4. The van der Waals surface area contributed by atoms with Gasteiger partial charge in [0.1, 0.15) is 18.3 Å². The van der Waals surface area contributed by atoms with Gasteiger partial charge in [-0.05, 0) is 43.7 Å². The Kier molecular flexibility index (Phi) is 6.22. The molecule has 2 aromatic heterocycles. The van der Waals surface area contributed by atoms with Gasteiger partial charge in [0.2, 0.25) is 11.9 Å². The van der Waals surface area contributed by atoms with Gasteiger partial charge in [0.15, 0.2) is 0 Å². The first-order valence-corrected chi connectivity index (χ1v) is 12.2. The Morgan fingerprint density at radius 1 is 1.19 bits per heavy atom. The van der Waals surface area contributed by atoms with Gasteiger partial charge in [0.05, 0.1) is 23.0 Å². The number of alkyl halides is 3. The number of hydrogen-bond donors (Lipinski definition) is 0.